The molecule has 0 spiro atoms. The number of hydrogen-bond acceptors (Lipinski definition) is 12. The van der Waals surface area contributed by atoms with Gasteiger partial charge < -0.3 is 33.2 Å². The molecule has 0 aliphatic carbocycles. The topological polar surface area (TPSA) is 150 Å². The average molecular weight is 496 g/mol. The van der Waals surface area contributed by atoms with Gasteiger partial charge in [-0.05, 0) is 19.1 Å². The molecule has 0 N–H and O–H groups in total. The van der Waals surface area contributed by atoms with Gasteiger partial charge in [-0.25, -0.2) is 0 Å². The SMILES string of the molecule is COc1ccc(C(C)=O)c(O[C@@H]2O[C@H](COC(C)=O)[C@H](OC(C)=O)[C@@H](OC(C)=O)[C@@H]2OC(C)=O)c1. The van der Waals surface area contributed by atoms with Gasteiger partial charge in [0, 0.05) is 33.8 Å². The molecule has 35 heavy (non-hydrogen) atoms. The molecular formula is C23H28O12. The van der Waals surface area contributed by atoms with Crippen molar-refractivity contribution in [1.29, 1.82) is 0 Å². The summed E-state index contributed by atoms with van der Waals surface area (Å²) in [5, 5.41) is 0. The fourth-order valence-corrected chi connectivity index (χ4v) is 3.43. The van der Waals surface area contributed by atoms with E-state index in [9.17, 15) is 24.0 Å². The summed E-state index contributed by atoms with van der Waals surface area (Å²) in [6, 6.07) is 4.45. The number of carbonyl (C=O) groups is 5. The molecule has 0 unspecified atom stereocenters. The lowest BCUT2D eigenvalue weighted by molar-refractivity contribution is -0.288. The van der Waals surface area contributed by atoms with Crippen LogP contribution in [0.1, 0.15) is 45.0 Å². The van der Waals surface area contributed by atoms with Gasteiger partial charge in [-0.15, -0.1) is 0 Å². The van der Waals surface area contributed by atoms with E-state index in [2.05, 4.69) is 0 Å². The van der Waals surface area contributed by atoms with Crippen molar-refractivity contribution in [3.05, 3.63) is 23.8 Å². The lowest BCUT2D eigenvalue weighted by atomic mass is 9.98. The van der Waals surface area contributed by atoms with E-state index < -0.39 is 61.2 Å². The number of Topliss-reactive ketones (excluding diaryl/α,β-unsaturated/α-hetero) is 1. The largest absolute Gasteiger partial charge is 0.497 e. The Kier molecular flexibility index (Phi) is 9.58. The molecule has 192 valence electrons. The second kappa shape index (κ2) is 12.2. The number of methoxy groups -OCH3 is 1. The van der Waals surface area contributed by atoms with Crippen LogP contribution in [0.25, 0.3) is 0 Å². The zero-order chi connectivity index (χ0) is 26.3. The maximum absolute atomic E-state index is 12.2. The Bertz CT molecular complexity index is 971. The molecule has 0 amide bonds. The standard InChI is InChI=1S/C23H28O12/c1-11(24)17-8-7-16(29-6)9-18(17)34-23-22(33-15(5)28)21(32-14(4)27)20(31-13(3)26)19(35-23)10-30-12(2)25/h7-9,19-23H,10H2,1-6H3/t19-,20+,21-,22+,23-/m1/s1. The van der Waals surface area contributed by atoms with Crippen molar-refractivity contribution >= 4 is 29.7 Å². The van der Waals surface area contributed by atoms with Gasteiger partial charge in [0.2, 0.25) is 12.4 Å². The van der Waals surface area contributed by atoms with Gasteiger partial charge in [0.25, 0.3) is 0 Å². The summed E-state index contributed by atoms with van der Waals surface area (Å²) in [5.41, 5.74) is 0.165. The zero-order valence-electron chi connectivity index (χ0n) is 20.2. The minimum Gasteiger partial charge on any atom is -0.497 e. The van der Waals surface area contributed by atoms with Crippen molar-refractivity contribution in [1.82, 2.24) is 0 Å². The molecule has 0 saturated carbocycles. The van der Waals surface area contributed by atoms with Crippen molar-refractivity contribution in [3.63, 3.8) is 0 Å². The maximum Gasteiger partial charge on any atom is 0.303 e. The first kappa shape index (κ1) is 27.6. The van der Waals surface area contributed by atoms with Gasteiger partial charge in [-0.2, -0.15) is 0 Å². The van der Waals surface area contributed by atoms with Crippen LogP contribution in [0.4, 0.5) is 0 Å². The second-order valence-electron chi connectivity index (χ2n) is 7.60. The summed E-state index contributed by atoms with van der Waals surface area (Å²) in [5.74, 6) is -2.91. The third-order valence-corrected chi connectivity index (χ3v) is 4.76. The van der Waals surface area contributed by atoms with Crippen LogP contribution < -0.4 is 9.47 Å². The van der Waals surface area contributed by atoms with Crippen molar-refractivity contribution in [2.45, 2.75) is 65.3 Å². The summed E-state index contributed by atoms with van der Waals surface area (Å²) in [6.07, 6.45) is -6.81. The Balaban J connectivity index is 2.57. The minimum atomic E-state index is -1.47. The second-order valence-corrected chi connectivity index (χ2v) is 7.60. The number of benzene rings is 1. The number of carbonyl (C=O) groups excluding carboxylic acids is 5. The van der Waals surface area contributed by atoms with Crippen LogP contribution in [0.5, 0.6) is 11.5 Å². The lowest BCUT2D eigenvalue weighted by Gasteiger charge is -2.44. The van der Waals surface area contributed by atoms with E-state index in [1.54, 1.807) is 6.07 Å². The average Bonchev–Trinajstić information content (AvgIpc) is 2.75. The van der Waals surface area contributed by atoms with Crippen molar-refractivity contribution in [3.8, 4) is 11.5 Å². The molecule has 1 fully saturated rings. The van der Waals surface area contributed by atoms with Gasteiger partial charge >= 0.3 is 23.9 Å². The first-order valence-corrected chi connectivity index (χ1v) is 10.6. The zero-order valence-corrected chi connectivity index (χ0v) is 20.2. The van der Waals surface area contributed by atoms with Crippen molar-refractivity contribution < 1.29 is 57.1 Å². The Morgan fingerprint density at radius 3 is 1.89 bits per heavy atom. The molecule has 1 aromatic carbocycles. The molecule has 1 aromatic rings. The van der Waals surface area contributed by atoms with Crippen LogP contribution in [-0.4, -0.2) is 74.1 Å². The Hall–Kier alpha value is -3.67. The molecule has 12 nitrogen and oxygen atoms in total. The Morgan fingerprint density at radius 2 is 1.37 bits per heavy atom. The van der Waals surface area contributed by atoms with Crippen molar-refractivity contribution in [2.75, 3.05) is 13.7 Å². The van der Waals surface area contributed by atoms with Gasteiger partial charge in [-0.3, -0.25) is 24.0 Å². The highest BCUT2D eigenvalue weighted by Gasteiger charge is 2.53. The molecule has 2 rings (SSSR count). The van der Waals surface area contributed by atoms with Gasteiger partial charge in [0.05, 0.1) is 12.7 Å². The first-order valence-electron chi connectivity index (χ1n) is 10.6. The van der Waals surface area contributed by atoms with Gasteiger partial charge in [0.1, 0.15) is 24.2 Å². The number of ether oxygens (including phenoxy) is 7. The molecule has 0 aromatic heterocycles. The smallest absolute Gasteiger partial charge is 0.303 e. The summed E-state index contributed by atoms with van der Waals surface area (Å²) in [4.78, 5) is 59.2. The van der Waals surface area contributed by atoms with E-state index in [0.717, 1.165) is 27.7 Å². The predicted molar refractivity (Wildman–Crippen MR) is 116 cm³/mol. The predicted octanol–water partition coefficient (Wildman–Crippen LogP) is 1.36. The molecule has 1 aliphatic heterocycles. The van der Waals surface area contributed by atoms with Crippen LogP contribution in [-0.2, 0) is 42.9 Å². The number of hydrogen-bond donors (Lipinski definition) is 0. The molecule has 12 heteroatoms. The summed E-state index contributed by atoms with van der Waals surface area (Å²) >= 11 is 0. The lowest BCUT2D eigenvalue weighted by Crippen LogP contribution is -2.63. The molecular weight excluding hydrogens is 468 g/mol. The van der Waals surface area contributed by atoms with E-state index in [-0.39, 0.29) is 17.1 Å². The first-order chi connectivity index (χ1) is 16.4. The quantitative estimate of drug-likeness (QED) is 0.276. The number of ketones is 1. The highest BCUT2D eigenvalue weighted by molar-refractivity contribution is 5.97. The Labute approximate surface area is 201 Å². The van der Waals surface area contributed by atoms with Crippen molar-refractivity contribution in [2.24, 2.45) is 0 Å². The van der Waals surface area contributed by atoms with E-state index in [1.807, 2.05) is 0 Å². The van der Waals surface area contributed by atoms with Crippen LogP contribution in [0.3, 0.4) is 0 Å². The summed E-state index contributed by atoms with van der Waals surface area (Å²) in [6.45, 7) is 5.42. The molecule has 1 heterocycles. The normalized spacial score (nSPS) is 23.4. The monoisotopic (exact) mass is 496 g/mol. The summed E-state index contributed by atoms with van der Waals surface area (Å²) in [7, 11) is 1.42. The van der Waals surface area contributed by atoms with E-state index >= 15 is 0 Å². The van der Waals surface area contributed by atoms with Crippen LogP contribution in [0.2, 0.25) is 0 Å². The van der Waals surface area contributed by atoms with E-state index in [1.165, 1.54) is 26.2 Å². The van der Waals surface area contributed by atoms with E-state index in [0.29, 0.717) is 5.75 Å². The fraction of sp³-hybridized carbons (Fsp3) is 0.522. The molecule has 1 saturated heterocycles. The van der Waals surface area contributed by atoms with Gasteiger partial charge in [-0.1, -0.05) is 0 Å². The minimum absolute atomic E-state index is 0.0257. The molecule has 1 aliphatic rings. The fourth-order valence-electron chi connectivity index (χ4n) is 3.43. The van der Waals surface area contributed by atoms with Crippen LogP contribution in [0, 0.1) is 0 Å². The summed E-state index contributed by atoms with van der Waals surface area (Å²) < 4.78 is 38.1. The molecule has 0 bridgehead atoms. The highest BCUT2D eigenvalue weighted by atomic mass is 16.7. The Morgan fingerprint density at radius 1 is 0.800 bits per heavy atom. The number of esters is 4. The number of rotatable bonds is 9. The molecule has 5 atom stereocenters. The third-order valence-electron chi connectivity index (χ3n) is 4.76. The molecule has 0 radical (unpaired) electrons. The highest BCUT2D eigenvalue weighted by Crippen LogP contribution is 2.33. The van der Waals surface area contributed by atoms with Gasteiger partial charge in [0.15, 0.2) is 18.0 Å². The van der Waals surface area contributed by atoms with Crippen LogP contribution >= 0.6 is 0 Å². The van der Waals surface area contributed by atoms with Crippen LogP contribution in [0.15, 0.2) is 18.2 Å². The maximum atomic E-state index is 12.2. The van der Waals surface area contributed by atoms with E-state index in [4.69, 9.17) is 33.2 Å². The third kappa shape index (κ3) is 7.67.